The van der Waals surface area contributed by atoms with Crippen LogP contribution < -0.4 is 5.43 Å². The third kappa shape index (κ3) is 4.33. The van der Waals surface area contributed by atoms with Crippen LogP contribution in [0, 0.1) is 0 Å². The Kier molecular flexibility index (Phi) is 6.44. The lowest BCUT2D eigenvalue weighted by atomic mass is 9.94. The van der Waals surface area contributed by atoms with E-state index < -0.39 is 16.7 Å². The van der Waals surface area contributed by atoms with Crippen LogP contribution in [-0.2, 0) is 18.5 Å². The van der Waals surface area contributed by atoms with E-state index in [9.17, 15) is 14.7 Å². The maximum absolute atomic E-state index is 12.7. The molecule has 7 nitrogen and oxygen atoms in total. The zero-order valence-electron chi connectivity index (χ0n) is 19.0. The van der Waals surface area contributed by atoms with Gasteiger partial charge in [0.2, 0.25) is 0 Å². The summed E-state index contributed by atoms with van der Waals surface area (Å²) in [4.78, 5) is 29.8. The highest BCUT2D eigenvalue weighted by molar-refractivity contribution is 5.94. The Morgan fingerprint density at radius 2 is 1.91 bits per heavy atom. The number of ketones is 1. The number of nitrogens with zero attached hydrogens (tertiary/aromatic N) is 4. The van der Waals surface area contributed by atoms with Crippen molar-refractivity contribution in [2.24, 2.45) is 0 Å². The second-order valence-electron chi connectivity index (χ2n) is 9.23. The van der Waals surface area contributed by atoms with Gasteiger partial charge >= 0.3 is 0 Å². The van der Waals surface area contributed by atoms with Gasteiger partial charge < -0.3 is 9.67 Å². The summed E-state index contributed by atoms with van der Waals surface area (Å²) in [5.74, 6) is -0.721. The molecule has 3 aromatic rings. The molecule has 4 heterocycles. The van der Waals surface area contributed by atoms with Crippen LogP contribution in [0.15, 0.2) is 35.5 Å². The van der Waals surface area contributed by atoms with Crippen LogP contribution in [0.4, 0.5) is 0 Å². The summed E-state index contributed by atoms with van der Waals surface area (Å²) < 4.78 is 3.80. The molecule has 1 N–H and O–H groups in total. The number of hydrogen-bond acceptors (Lipinski definition) is 5. The van der Waals surface area contributed by atoms with Gasteiger partial charge in [-0.3, -0.25) is 14.3 Å². The minimum atomic E-state index is -0.679. The quantitative estimate of drug-likeness (QED) is 0.648. The van der Waals surface area contributed by atoms with Gasteiger partial charge in [0.1, 0.15) is 5.65 Å². The van der Waals surface area contributed by atoms with Crippen LogP contribution in [0.5, 0.6) is 5.75 Å². The van der Waals surface area contributed by atoms with Gasteiger partial charge in [0.15, 0.2) is 17.2 Å². The maximum Gasteiger partial charge on any atom is 0.252 e. The molecule has 170 valence electrons. The van der Waals surface area contributed by atoms with Gasteiger partial charge in [-0.2, -0.15) is 5.10 Å². The minimum absolute atomic E-state index is 0.158. The van der Waals surface area contributed by atoms with Gasteiger partial charge in [0.25, 0.3) is 5.43 Å². The lowest BCUT2D eigenvalue weighted by Gasteiger charge is -2.33. The number of aryl methyl sites for hydroxylation is 1. The van der Waals surface area contributed by atoms with Crippen molar-refractivity contribution in [3.63, 3.8) is 0 Å². The first-order valence-corrected chi connectivity index (χ1v) is 11.7. The van der Waals surface area contributed by atoms with Crippen molar-refractivity contribution in [1.82, 2.24) is 19.3 Å². The summed E-state index contributed by atoms with van der Waals surface area (Å²) >= 11 is 0. The number of unbranched alkanes of at least 4 members (excludes halogenated alkanes) is 1. The number of Topliss-reactive ketones (excluding diaryl/α,β-unsaturated/α-hetero) is 1. The number of pyridine rings is 1. The molecule has 1 aliphatic heterocycles. The molecule has 0 aliphatic carbocycles. The van der Waals surface area contributed by atoms with E-state index in [1.165, 1.54) is 17.1 Å². The number of carbonyl (C=O) groups excluding carboxylic acids is 1. The van der Waals surface area contributed by atoms with Crippen LogP contribution >= 0.6 is 0 Å². The Hall–Kier alpha value is -2.96. The third-order valence-corrected chi connectivity index (χ3v) is 6.61. The largest absolute Gasteiger partial charge is 0.503 e. The van der Waals surface area contributed by atoms with E-state index in [4.69, 9.17) is 4.98 Å². The summed E-state index contributed by atoms with van der Waals surface area (Å²) in [6, 6.07) is 4.12. The number of fused-ring (bicyclic) bond motifs is 7. The molecule has 0 fully saturated rings. The van der Waals surface area contributed by atoms with Crippen LogP contribution in [0.25, 0.3) is 11.0 Å². The standard InChI is InChI=1S/C25H32N4O3/c1-3-4-13-25(2)17-28-16-21(31)23(32)22(27-28)20(30)12-8-6-5-7-10-18-15-29(25)24-19(18)11-9-14-26-24/h9,11,14-16,31H,3-8,10,12-13,17H2,1-2H3. The van der Waals surface area contributed by atoms with E-state index in [1.807, 2.05) is 12.3 Å². The third-order valence-electron chi connectivity index (χ3n) is 6.61. The fraction of sp³-hybridized carbons (Fsp3) is 0.520. The molecule has 4 rings (SSSR count). The second-order valence-corrected chi connectivity index (χ2v) is 9.23. The second kappa shape index (κ2) is 9.27. The van der Waals surface area contributed by atoms with Crippen LogP contribution in [0.3, 0.4) is 0 Å². The van der Waals surface area contributed by atoms with E-state index >= 15 is 0 Å². The Balaban J connectivity index is 1.88. The van der Waals surface area contributed by atoms with Crippen molar-refractivity contribution in [3.05, 3.63) is 52.2 Å². The van der Waals surface area contributed by atoms with Crippen molar-refractivity contribution in [1.29, 1.82) is 0 Å². The van der Waals surface area contributed by atoms with E-state index in [-0.39, 0.29) is 17.9 Å². The van der Waals surface area contributed by atoms with Crippen molar-refractivity contribution in [3.8, 4) is 5.75 Å². The predicted molar refractivity (Wildman–Crippen MR) is 124 cm³/mol. The highest BCUT2D eigenvalue weighted by Crippen LogP contribution is 2.33. The van der Waals surface area contributed by atoms with Crippen molar-refractivity contribution < 1.29 is 9.90 Å². The number of aromatic nitrogens is 4. The summed E-state index contributed by atoms with van der Waals surface area (Å²) in [6.07, 6.45) is 13.3. The SMILES string of the molecule is CCCCC1(C)Cn2cc(O)c(=O)c(n2)C(=O)CCCCCCc2cn1c1ncccc21. The van der Waals surface area contributed by atoms with Gasteiger partial charge in [-0.1, -0.05) is 32.6 Å². The molecular weight excluding hydrogens is 404 g/mol. The first kappa shape index (κ1) is 22.2. The molecule has 0 amide bonds. The molecule has 1 aliphatic rings. The number of carbonyl (C=O) groups is 1. The molecule has 4 bridgehead atoms. The van der Waals surface area contributed by atoms with Gasteiger partial charge in [0.05, 0.1) is 18.3 Å². The zero-order valence-corrected chi connectivity index (χ0v) is 19.0. The monoisotopic (exact) mass is 436 g/mol. The molecular formula is C25H32N4O3. The highest BCUT2D eigenvalue weighted by Gasteiger charge is 2.30. The summed E-state index contributed by atoms with van der Waals surface area (Å²) in [7, 11) is 0. The first-order chi connectivity index (χ1) is 15.4. The molecule has 0 radical (unpaired) electrons. The van der Waals surface area contributed by atoms with Gasteiger partial charge in [-0.15, -0.1) is 0 Å². The molecule has 7 heteroatoms. The first-order valence-electron chi connectivity index (χ1n) is 11.7. The lowest BCUT2D eigenvalue weighted by molar-refractivity contribution is 0.0968. The van der Waals surface area contributed by atoms with Crippen molar-refractivity contribution in [2.45, 2.75) is 83.7 Å². The fourth-order valence-electron chi connectivity index (χ4n) is 4.78. The fourth-order valence-corrected chi connectivity index (χ4v) is 4.78. The molecule has 0 saturated heterocycles. The van der Waals surface area contributed by atoms with E-state index in [0.717, 1.165) is 50.6 Å². The van der Waals surface area contributed by atoms with Crippen LogP contribution in [0.1, 0.15) is 81.3 Å². The Labute approximate surface area is 188 Å². The molecule has 3 aromatic heterocycles. The molecule has 0 aromatic carbocycles. The average molecular weight is 437 g/mol. The van der Waals surface area contributed by atoms with Crippen molar-refractivity contribution >= 4 is 16.8 Å². The number of rotatable bonds is 3. The molecule has 32 heavy (non-hydrogen) atoms. The van der Waals surface area contributed by atoms with Crippen LogP contribution in [-0.4, -0.2) is 30.2 Å². The van der Waals surface area contributed by atoms with E-state index in [1.54, 1.807) is 4.68 Å². The average Bonchev–Trinajstić information content (AvgIpc) is 3.16. The zero-order chi connectivity index (χ0) is 22.7. The van der Waals surface area contributed by atoms with Crippen molar-refractivity contribution in [2.75, 3.05) is 0 Å². The topological polar surface area (TPSA) is 90.0 Å². The van der Waals surface area contributed by atoms with E-state index in [0.29, 0.717) is 13.0 Å². The van der Waals surface area contributed by atoms with Crippen LogP contribution in [0.2, 0.25) is 0 Å². The molecule has 1 unspecified atom stereocenters. The van der Waals surface area contributed by atoms with E-state index in [2.05, 4.69) is 35.8 Å². The predicted octanol–water partition coefficient (Wildman–Crippen LogP) is 4.59. The maximum atomic E-state index is 12.7. The highest BCUT2D eigenvalue weighted by atomic mass is 16.3. The minimum Gasteiger partial charge on any atom is -0.503 e. The molecule has 1 atom stereocenters. The molecule has 0 spiro atoms. The van der Waals surface area contributed by atoms with Gasteiger partial charge in [-0.25, -0.2) is 4.98 Å². The Morgan fingerprint density at radius 1 is 1.12 bits per heavy atom. The Bertz CT molecular complexity index is 1180. The van der Waals surface area contributed by atoms with Gasteiger partial charge in [-0.05, 0) is 50.3 Å². The van der Waals surface area contributed by atoms with Gasteiger partial charge in [0, 0.05) is 24.2 Å². The number of aromatic hydroxyl groups is 1. The smallest absolute Gasteiger partial charge is 0.252 e. The summed E-state index contributed by atoms with van der Waals surface area (Å²) in [5.41, 5.74) is 0.999. The Morgan fingerprint density at radius 3 is 2.69 bits per heavy atom. The summed E-state index contributed by atoms with van der Waals surface area (Å²) in [5, 5.41) is 15.9. The number of hydrogen-bond donors (Lipinski definition) is 1. The molecule has 0 saturated carbocycles. The summed E-state index contributed by atoms with van der Waals surface area (Å²) in [6.45, 7) is 4.74. The lowest BCUT2D eigenvalue weighted by Crippen LogP contribution is -2.36. The normalized spacial score (nSPS) is 20.1.